The summed E-state index contributed by atoms with van der Waals surface area (Å²) in [7, 11) is 0. The van der Waals surface area contributed by atoms with Gasteiger partial charge in [-0.25, -0.2) is 0 Å². The Morgan fingerprint density at radius 3 is 2.28 bits per heavy atom. The van der Waals surface area contributed by atoms with Crippen molar-refractivity contribution in [2.75, 3.05) is 0 Å². The second kappa shape index (κ2) is 10.3. The highest BCUT2D eigenvalue weighted by Gasteiger charge is 2.15. The number of hydrogen-bond donors (Lipinski definition) is 3. The first-order valence-electron chi connectivity index (χ1n) is 9.88. The van der Waals surface area contributed by atoms with Gasteiger partial charge in [0.2, 0.25) is 5.91 Å². The number of carboxylic acids is 1. The Morgan fingerprint density at radius 2 is 1.59 bits per heavy atom. The van der Waals surface area contributed by atoms with Crippen LogP contribution < -0.4 is 5.32 Å². The number of H-pyrrole nitrogens is 1. The molecule has 0 bridgehead atoms. The number of carbonyl (C=O) groups is 2. The summed E-state index contributed by atoms with van der Waals surface area (Å²) in [5.41, 5.74) is 4.23. The number of aromatic amines is 1. The van der Waals surface area contributed by atoms with E-state index in [4.69, 9.17) is 5.11 Å². The van der Waals surface area contributed by atoms with Crippen molar-refractivity contribution < 1.29 is 14.7 Å². The van der Waals surface area contributed by atoms with E-state index in [1.807, 2.05) is 72.8 Å². The van der Waals surface area contributed by atoms with Gasteiger partial charge in [0.25, 0.3) is 0 Å². The molecule has 5 nitrogen and oxygen atoms in total. The van der Waals surface area contributed by atoms with E-state index >= 15 is 0 Å². The summed E-state index contributed by atoms with van der Waals surface area (Å²) in [6.45, 7) is 0. The molecule has 3 rings (SSSR count). The van der Waals surface area contributed by atoms with Gasteiger partial charge in [0.1, 0.15) is 0 Å². The van der Waals surface area contributed by atoms with E-state index in [-0.39, 0.29) is 18.4 Å². The minimum atomic E-state index is -0.850. The van der Waals surface area contributed by atoms with E-state index < -0.39 is 5.97 Å². The van der Waals surface area contributed by atoms with E-state index in [0.717, 1.165) is 22.5 Å². The molecule has 1 amide bonds. The monoisotopic (exact) mass is 390 g/mol. The molecule has 150 valence electrons. The molecule has 5 heteroatoms. The van der Waals surface area contributed by atoms with Gasteiger partial charge >= 0.3 is 5.97 Å². The molecule has 0 aliphatic rings. The number of aryl methyl sites for hydroxylation is 1. The van der Waals surface area contributed by atoms with Crippen LogP contribution in [0.4, 0.5) is 0 Å². The van der Waals surface area contributed by atoms with Crippen LogP contribution >= 0.6 is 0 Å². The van der Waals surface area contributed by atoms with Crippen molar-refractivity contribution in [1.82, 2.24) is 10.3 Å². The molecule has 0 aliphatic heterocycles. The number of carbonyl (C=O) groups excluding carboxylic acids is 1. The minimum Gasteiger partial charge on any atom is -0.481 e. The highest BCUT2D eigenvalue weighted by atomic mass is 16.4. The quantitative estimate of drug-likeness (QED) is 0.485. The van der Waals surface area contributed by atoms with Gasteiger partial charge in [0.15, 0.2) is 0 Å². The second-order valence-electron chi connectivity index (χ2n) is 7.15. The molecular formula is C24H26N2O3. The van der Waals surface area contributed by atoms with Crippen LogP contribution in [-0.2, 0) is 22.4 Å². The Bertz CT molecular complexity index is 920. The molecule has 0 radical (unpaired) electrons. The normalized spacial score (nSPS) is 11.7. The molecule has 2 aromatic carbocycles. The summed E-state index contributed by atoms with van der Waals surface area (Å²) in [6.07, 6.45) is 2.04. The second-order valence-corrected chi connectivity index (χ2v) is 7.15. The molecule has 0 fully saturated rings. The smallest absolute Gasteiger partial charge is 0.303 e. The summed E-state index contributed by atoms with van der Waals surface area (Å²) >= 11 is 0. The molecule has 1 atom stereocenters. The van der Waals surface area contributed by atoms with Crippen LogP contribution in [-0.4, -0.2) is 28.0 Å². The SMILES string of the molecule is O=C(O)CCC(Cc1ccccc1)NC(=O)CCc1ccc(-c2ccccc2)[nH]1. The van der Waals surface area contributed by atoms with Crippen LogP contribution in [0.5, 0.6) is 0 Å². The summed E-state index contributed by atoms with van der Waals surface area (Å²) in [5.74, 6) is -0.913. The molecular weight excluding hydrogens is 364 g/mol. The number of rotatable bonds is 10. The lowest BCUT2D eigenvalue weighted by Crippen LogP contribution is -2.37. The van der Waals surface area contributed by atoms with Crippen molar-refractivity contribution in [2.45, 2.75) is 38.1 Å². The molecule has 1 unspecified atom stereocenters. The summed E-state index contributed by atoms with van der Waals surface area (Å²) in [6, 6.07) is 23.7. The van der Waals surface area contributed by atoms with Crippen molar-refractivity contribution in [1.29, 1.82) is 0 Å². The molecule has 0 spiro atoms. The van der Waals surface area contributed by atoms with Gasteiger partial charge in [0, 0.05) is 30.3 Å². The maximum Gasteiger partial charge on any atom is 0.303 e. The van der Waals surface area contributed by atoms with Gasteiger partial charge < -0.3 is 15.4 Å². The predicted molar refractivity (Wildman–Crippen MR) is 113 cm³/mol. The fourth-order valence-corrected chi connectivity index (χ4v) is 3.34. The first-order valence-corrected chi connectivity index (χ1v) is 9.88. The van der Waals surface area contributed by atoms with E-state index in [2.05, 4.69) is 10.3 Å². The molecule has 29 heavy (non-hydrogen) atoms. The van der Waals surface area contributed by atoms with Gasteiger partial charge in [-0.05, 0) is 42.5 Å². The third-order valence-corrected chi connectivity index (χ3v) is 4.85. The molecule has 1 aromatic heterocycles. The predicted octanol–water partition coefficient (Wildman–Crippen LogP) is 4.21. The number of amides is 1. The summed E-state index contributed by atoms with van der Waals surface area (Å²) in [5, 5.41) is 12.0. The number of aliphatic carboxylic acids is 1. The van der Waals surface area contributed by atoms with Crippen LogP contribution in [0.1, 0.15) is 30.5 Å². The van der Waals surface area contributed by atoms with Crippen LogP contribution in [0.3, 0.4) is 0 Å². The number of benzene rings is 2. The zero-order valence-electron chi connectivity index (χ0n) is 16.3. The number of hydrogen-bond acceptors (Lipinski definition) is 2. The molecule has 3 aromatic rings. The zero-order chi connectivity index (χ0) is 20.5. The fraction of sp³-hybridized carbons (Fsp3) is 0.250. The average molecular weight is 390 g/mol. The average Bonchev–Trinajstić information content (AvgIpc) is 3.21. The largest absolute Gasteiger partial charge is 0.481 e. The van der Waals surface area contributed by atoms with E-state index in [0.29, 0.717) is 25.7 Å². The van der Waals surface area contributed by atoms with Crippen LogP contribution in [0.25, 0.3) is 11.3 Å². The van der Waals surface area contributed by atoms with Gasteiger partial charge in [-0.15, -0.1) is 0 Å². The fourth-order valence-electron chi connectivity index (χ4n) is 3.34. The van der Waals surface area contributed by atoms with Crippen molar-refractivity contribution in [3.63, 3.8) is 0 Å². The molecule has 0 saturated carbocycles. The zero-order valence-corrected chi connectivity index (χ0v) is 16.3. The number of nitrogens with one attached hydrogen (secondary N) is 2. The van der Waals surface area contributed by atoms with Gasteiger partial charge in [0.05, 0.1) is 0 Å². The van der Waals surface area contributed by atoms with E-state index in [1.165, 1.54) is 0 Å². The van der Waals surface area contributed by atoms with Crippen LogP contribution in [0.15, 0.2) is 72.8 Å². The molecule has 0 aliphatic carbocycles. The van der Waals surface area contributed by atoms with Gasteiger partial charge in [-0.3, -0.25) is 9.59 Å². The van der Waals surface area contributed by atoms with E-state index in [1.54, 1.807) is 0 Å². The first-order chi connectivity index (χ1) is 14.1. The molecule has 3 N–H and O–H groups in total. The standard InChI is InChI=1S/C24H26N2O3/c27-23(15-12-20-11-14-22(25-20)19-9-5-2-6-10-19)26-21(13-16-24(28)29)17-18-7-3-1-4-8-18/h1-11,14,21,25H,12-13,15-17H2,(H,26,27)(H,28,29). The minimum absolute atomic E-state index is 0.0366. The van der Waals surface area contributed by atoms with Gasteiger partial charge in [-0.1, -0.05) is 60.7 Å². The highest BCUT2D eigenvalue weighted by molar-refractivity contribution is 5.76. The topological polar surface area (TPSA) is 82.2 Å². The Kier molecular flexibility index (Phi) is 7.22. The van der Waals surface area contributed by atoms with Crippen LogP contribution in [0.2, 0.25) is 0 Å². The lowest BCUT2D eigenvalue weighted by molar-refractivity contribution is -0.137. The van der Waals surface area contributed by atoms with Crippen molar-refractivity contribution in [3.05, 3.63) is 84.1 Å². The highest BCUT2D eigenvalue weighted by Crippen LogP contribution is 2.18. The van der Waals surface area contributed by atoms with Crippen molar-refractivity contribution in [2.24, 2.45) is 0 Å². The number of aromatic nitrogens is 1. The maximum absolute atomic E-state index is 12.5. The number of carboxylic acid groups (broad SMARTS) is 1. The third kappa shape index (κ3) is 6.64. The Labute approximate surface area is 170 Å². The summed E-state index contributed by atoms with van der Waals surface area (Å²) in [4.78, 5) is 26.8. The van der Waals surface area contributed by atoms with Gasteiger partial charge in [-0.2, -0.15) is 0 Å². The Morgan fingerprint density at radius 1 is 0.897 bits per heavy atom. The van der Waals surface area contributed by atoms with Crippen molar-refractivity contribution >= 4 is 11.9 Å². The third-order valence-electron chi connectivity index (χ3n) is 4.85. The van der Waals surface area contributed by atoms with Crippen LogP contribution in [0, 0.1) is 0 Å². The van der Waals surface area contributed by atoms with E-state index in [9.17, 15) is 9.59 Å². The Hall–Kier alpha value is -3.34. The first kappa shape index (κ1) is 20.4. The molecule has 1 heterocycles. The maximum atomic E-state index is 12.5. The lowest BCUT2D eigenvalue weighted by atomic mass is 10.0. The van der Waals surface area contributed by atoms with Crippen molar-refractivity contribution in [3.8, 4) is 11.3 Å². The lowest BCUT2D eigenvalue weighted by Gasteiger charge is -2.18. The molecule has 0 saturated heterocycles. The Balaban J connectivity index is 1.54. The summed E-state index contributed by atoms with van der Waals surface area (Å²) < 4.78 is 0.